The molecule has 2 rings (SSSR count). The zero-order valence-corrected chi connectivity index (χ0v) is 8.47. The van der Waals surface area contributed by atoms with E-state index in [2.05, 4.69) is 0 Å². The van der Waals surface area contributed by atoms with Gasteiger partial charge in [-0.15, -0.1) is 0 Å². The first kappa shape index (κ1) is 9.44. The lowest BCUT2D eigenvalue weighted by molar-refractivity contribution is -0.506. The van der Waals surface area contributed by atoms with Gasteiger partial charge in [-0.3, -0.25) is 0 Å². The number of hydrogen-bond acceptors (Lipinski definition) is 3. The maximum atomic E-state index is 5.61. The molecule has 0 aromatic carbocycles. The summed E-state index contributed by atoms with van der Waals surface area (Å²) in [7, 11) is 0. The van der Waals surface area contributed by atoms with Crippen LogP contribution in [0.4, 0.5) is 0 Å². The molecule has 2 fully saturated rings. The molecule has 0 radical (unpaired) electrons. The molecule has 0 bridgehead atoms. The van der Waals surface area contributed by atoms with Crippen LogP contribution in [0.25, 0.3) is 0 Å². The Bertz CT molecular complexity index is 171. The standard InChI is InChI=1S/C10H18O3/c1-9(2)11-8-10(13-12-9)6-4-3-5-7-10/h3-8H2,1-2H3. The van der Waals surface area contributed by atoms with E-state index < -0.39 is 5.79 Å². The summed E-state index contributed by atoms with van der Waals surface area (Å²) in [4.78, 5) is 10.7. The first-order valence-electron chi connectivity index (χ1n) is 5.13. The molecule has 0 aromatic rings. The van der Waals surface area contributed by atoms with E-state index >= 15 is 0 Å². The summed E-state index contributed by atoms with van der Waals surface area (Å²) in [6.45, 7) is 4.44. The van der Waals surface area contributed by atoms with Crippen molar-refractivity contribution in [1.29, 1.82) is 0 Å². The lowest BCUT2D eigenvalue weighted by atomic mass is 9.85. The van der Waals surface area contributed by atoms with Crippen LogP contribution in [-0.2, 0) is 14.5 Å². The van der Waals surface area contributed by atoms with Gasteiger partial charge < -0.3 is 4.74 Å². The fraction of sp³-hybridized carbons (Fsp3) is 1.00. The SMILES string of the molecule is CC1(C)OCC2(CCCCC2)OO1. The Labute approximate surface area is 79.3 Å². The summed E-state index contributed by atoms with van der Waals surface area (Å²) in [5, 5.41) is 0. The van der Waals surface area contributed by atoms with Crippen molar-refractivity contribution in [2.45, 2.75) is 57.3 Å². The Hall–Kier alpha value is -0.120. The summed E-state index contributed by atoms with van der Waals surface area (Å²) >= 11 is 0. The van der Waals surface area contributed by atoms with Crippen molar-refractivity contribution in [3.63, 3.8) is 0 Å². The lowest BCUT2D eigenvalue weighted by Crippen LogP contribution is -2.50. The summed E-state index contributed by atoms with van der Waals surface area (Å²) in [6.07, 6.45) is 5.92. The highest BCUT2D eigenvalue weighted by molar-refractivity contribution is 4.85. The molecule has 13 heavy (non-hydrogen) atoms. The maximum Gasteiger partial charge on any atom is 0.196 e. The monoisotopic (exact) mass is 186 g/mol. The Kier molecular flexibility index (Phi) is 2.34. The maximum absolute atomic E-state index is 5.61. The predicted molar refractivity (Wildman–Crippen MR) is 48.0 cm³/mol. The largest absolute Gasteiger partial charge is 0.345 e. The average Bonchev–Trinajstić information content (AvgIpc) is 2.13. The topological polar surface area (TPSA) is 27.7 Å². The molecule has 0 atom stereocenters. The summed E-state index contributed by atoms with van der Waals surface area (Å²) in [5.41, 5.74) is -0.131. The molecule has 1 aliphatic heterocycles. The smallest absolute Gasteiger partial charge is 0.196 e. The van der Waals surface area contributed by atoms with Crippen LogP contribution in [0, 0.1) is 0 Å². The van der Waals surface area contributed by atoms with Gasteiger partial charge in [0.05, 0.1) is 6.61 Å². The first-order valence-corrected chi connectivity index (χ1v) is 5.13. The van der Waals surface area contributed by atoms with Crippen molar-refractivity contribution in [1.82, 2.24) is 0 Å². The van der Waals surface area contributed by atoms with Crippen molar-refractivity contribution in [2.24, 2.45) is 0 Å². The van der Waals surface area contributed by atoms with Crippen molar-refractivity contribution in [2.75, 3.05) is 6.61 Å². The number of hydrogen-bond donors (Lipinski definition) is 0. The molecule has 0 aromatic heterocycles. The van der Waals surface area contributed by atoms with E-state index in [4.69, 9.17) is 14.5 Å². The summed E-state index contributed by atoms with van der Waals surface area (Å²) in [6, 6.07) is 0. The molecule has 76 valence electrons. The van der Waals surface area contributed by atoms with Crippen LogP contribution in [0.1, 0.15) is 46.0 Å². The molecule has 3 nitrogen and oxygen atoms in total. The van der Waals surface area contributed by atoms with E-state index in [9.17, 15) is 0 Å². The second-order valence-electron chi connectivity index (χ2n) is 4.60. The van der Waals surface area contributed by atoms with Crippen LogP contribution in [0.15, 0.2) is 0 Å². The minimum atomic E-state index is -0.567. The summed E-state index contributed by atoms with van der Waals surface area (Å²) < 4.78 is 5.61. The van der Waals surface area contributed by atoms with Gasteiger partial charge in [0.1, 0.15) is 5.60 Å². The normalized spacial score (nSPS) is 31.8. The van der Waals surface area contributed by atoms with Crippen molar-refractivity contribution >= 4 is 0 Å². The van der Waals surface area contributed by atoms with Gasteiger partial charge in [-0.25, -0.2) is 9.78 Å². The minimum absolute atomic E-state index is 0.131. The van der Waals surface area contributed by atoms with Crippen LogP contribution in [0.2, 0.25) is 0 Å². The molecule has 1 heterocycles. The van der Waals surface area contributed by atoms with E-state index in [-0.39, 0.29) is 5.60 Å². The molecule has 0 unspecified atom stereocenters. The highest BCUT2D eigenvalue weighted by Crippen LogP contribution is 2.37. The van der Waals surface area contributed by atoms with Gasteiger partial charge in [0, 0.05) is 0 Å². The third kappa shape index (κ3) is 2.03. The Morgan fingerprint density at radius 2 is 1.62 bits per heavy atom. The first-order chi connectivity index (χ1) is 6.12. The third-order valence-electron chi connectivity index (χ3n) is 2.87. The Balaban J connectivity index is 1.95. The Morgan fingerprint density at radius 1 is 0.923 bits per heavy atom. The van der Waals surface area contributed by atoms with Crippen molar-refractivity contribution in [3.8, 4) is 0 Å². The average molecular weight is 186 g/mol. The molecular weight excluding hydrogens is 168 g/mol. The van der Waals surface area contributed by atoms with E-state index in [1.165, 1.54) is 19.3 Å². The van der Waals surface area contributed by atoms with Gasteiger partial charge >= 0.3 is 0 Å². The van der Waals surface area contributed by atoms with Crippen molar-refractivity contribution < 1.29 is 14.5 Å². The molecule has 1 spiro atoms. The predicted octanol–water partition coefficient (Wildman–Crippen LogP) is 2.40. The highest BCUT2D eigenvalue weighted by atomic mass is 17.2. The zero-order valence-electron chi connectivity index (χ0n) is 8.47. The fourth-order valence-electron chi connectivity index (χ4n) is 1.97. The van der Waals surface area contributed by atoms with Gasteiger partial charge in [0.2, 0.25) is 0 Å². The zero-order chi connectivity index (χ0) is 9.36. The van der Waals surface area contributed by atoms with Gasteiger partial charge in [0.25, 0.3) is 0 Å². The number of rotatable bonds is 0. The van der Waals surface area contributed by atoms with E-state index in [0.717, 1.165) is 12.8 Å². The minimum Gasteiger partial charge on any atom is -0.345 e. The molecular formula is C10H18O3. The molecule has 1 aliphatic carbocycles. The van der Waals surface area contributed by atoms with E-state index in [1.54, 1.807) is 0 Å². The van der Waals surface area contributed by atoms with E-state index in [0.29, 0.717) is 6.61 Å². The van der Waals surface area contributed by atoms with Gasteiger partial charge in [-0.2, -0.15) is 0 Å². The fourth-order valence-corrected chi connectivity index (χ4v) is 1.97. The molecule has 1 saturated heterocycles. The Morgan fingerprint density at radius 3 is 2.15 bits per heavy atom. The molecule has 3 heteroatoms. The second-order valence-corrected chi connectivity index (χ2v) is 4.60. The third-order valence-corrected chi connectivity index (χ3v) is 2.87. The van der Waals surface area contributed by atoms with Crippen LogP contribution in [0.3, 0.4) is 0 Å². The van der Waals surface area contributed by atoms with Gasteiger partial charge in [-0.05, 0) is 26.7 Å². The summed E-state index contributed by atoms with van der Waals surface area (Å²) in [5.74, 6) is -0.567. The molecule has 2 aliphatic rings. The molecule has 0 amide bonds. The van der Waals surface area contributed by atoms with Gasteiger partial charge in [0.15, 0.2) is 5.79 Å². The molecule has 1 saturated carbocycles. The molecule has 0 N–H and O–H groups in total. The van der Waals surface area contributed by atoms with Crippen LogP contribution in [0.5, 0.6) is 0 Å². The van der Waals surface area contributed by atoms with Crippen LogP contribution < -0.4 is 0 Å². The van der Waals surface area contributed by atoms with Crippen LogP contribution in [-0.4, -0.2) is 18.0 Å². The second kappa shape index (κ2) is 3.23. The van der Waals surface area contributed by atoms with Crippen LogP contribution >= 0.6 is 0 Å². The number of ether oxygens (including phenoxy) is 1. The quantitative estimate of drug-likeness (QED) is 0.544. The van der Waals surface area contributed by atoms with E-state index in [1.807, 2.05) is 13.8 Å². The lowest BCUT2D eigenvalue weighted by Gasteiger charge is -2.43. The highest BCUT2D eigenvalue weighted by Gasteiger charge is 2.42. The van der Waals surface area contributed by atoms with Crippen molar-refractivity contribution in [3.05, 3.63) is 0 Å². The van der Waals surface area contributed by atoms with Gasteiger partial charge in [-0.1, -0.05) is 19.3 Å².